The van der Waals surface area contributed by atoms with E-state index in [0.29, 0.717) is 0 Å². The zero-order valence-electron chi connectivity index (χ0n) is 11.6. The van der Waals surface area contributed by atoms with Crippen LogP contribution in [0, 0.1) is 0 Å². The highest BCUT2D eigenvalue weighted by Crippen LogP contribution is 2.18. The molecule has 4 heteroatoms. The molecule has 0 aliphatic carbocycles. The van der Waals surface area contributed by atoms with Gasteiger partial charge in [-0.25, -0.2) is 4.79 Å². The van der Waals surface area contributed by atoms with Crippen LogP contribution in [0.2, 0.25) is 0 Å². The molecule has 0 bridgehead atoms. The van der Waals surface area contributed by atoms with Crippen molar-refractivity contribution in [1.29, 1.82) is 0 Å². The zero-order valence-corrected chi connectivity index (χ0v) is 11.6. The quantitative estimate of drug-likeness (QED) is 0.876. The minimum absolute atomic E-state index is 0.277. The smallest absolute Gasteiger partial charge is 0.335 e. The van der Waals surface area contributed by atoms with E-state index in [1.165, 1.54) is 5.56 Å². The summed E-state index contributed by atoms with van der Waals surface area (Å²) in [6.45, 7) is 0.898. The van der Waals surface area contributed by atoms with Crippen LogP contribution in [0.1, 0.15) is 15.9 Å². The lowest BCUT2D eigenvalue weighted by molar-refractivity contribution is 0.0697. The summed E-state index contributed by atoms with van der Waals surface area (Å²) >= 11 is 0. The Bertz CT molecular complexity index is 592. The maximum absolute atomic E-state index is 10.9. The zero-order chi connectivity index (χ0) is 14.5. The molecule has 0 fully saturated rings. The summed E-state index contributed by atoms with van der Waals surface area (Å²) in [6.07, 6.45) is 0. The molecule has 0 saturated heterocycles. The molecule has 104 valence electrons. The van der Waals surface area contributed by atoms with Gasteiger partial charge in [0, 0.05) is 17.9 Å². The summed E-state index contributed by atoms with van der Waals surface area (Å²) in [7, 11) is 4.06. The fraction of sp³-hybridized carbons (Fsp3) is 0.188. The van der Waals surface area contributed by atoms with Crippen LogP contribution in [0.5, 0.6) is 0 Å². The lowest BCUT2D eigenvalue weighted by atomic mass is 10.1. The lowest BCUT2D eigenvalue weighted by Crippen LogP contribution is -2.10. The van der Waals surface area contributed by atoms with Crippen LogP contribution in [0.25, 0.3) is 0 Å². The Morgan fingerprint density at radius 2 is 1.80 bits per heavy atom. The van der Waals surface area contributed by atoms with Crippen LogP contribution in [0.4, 0.5) is 11.4 Å². The predicted molar refractivity (Wildman–Crippen MR) is 80.5 cm³/mol. The molecule has 2 rings (SSSR count). The summed E-state index contributed by atoms with van der Waals surface area (Å²) in [5, 5.41) is 12.2. The number of carbonyl (C=O) groups is 1. The highest BCUT2D eigenvalue weighted by molar-refractivity contribution is 5.89. The molecule has 0 amide bonds. The number of anilines is 2. The van der Waals surface area contributed by atoms with E-state index in [0.717, 1.165) is 17.9 Å². The topological polar surface area (TPSA) is 52.6 Å². The van der Waals surface area contributed by atoms with E-state index in [9.17, 15) is 4.79 Å². The van der Waals surface area contributed by atoms with Gasteiger partial charge in [0.2, 0.25) is 0 Å². The lowest BCUT2D eigenvalue weighted by Gasteiger charge is -2.11. The van der Waals surface area contributed by atoms with Gasteiger partial charge in [0.15, 0.2) is 0 Å². The van der Waals surface area contributed by atoms with Gasteiger partial charge in [-0.15, -0.1) is 0 Å². The second-order valence-electron chi connectivity index (χ2n) is 4.95. The Balaban J connectivity index is 2.10. The molecule has 0 aliphatic heterocycles. The maximum Gasteiger partial charge on any atom is 0.335 e. The van der Waals surface area contributed by atoms with Gasteiger partial charge in [0.05, 0.1) is 5.56 Å². The first-order valence-electron chi connectivity index (χ1n) is 6.38. The standard InChI is InChI=1S/C16H18N2O2/c1-18(2)11-12-6-8-14(9-7-12)17-15-5-3-4-13(10-15)16(19)20/h3-10,17H,11H2,1-2H3,(H,19,20). The molecule has 0 radical (unpaired) electrons. The first kappa shape index (κ1) is 14.1. The summed E-state index contributed by atoms with van der Waals surface area (Å²) in [6, 6.07) is 14.9. The van der Waals surface area contributed by atoms with E-state index in [1.807, 2.05) is 32.3 Å². The van der Waals surface area contributed by atoms with E-state index in [4.69, 9.17) is 5.11 Å². The molecule has 0 aliphatic rings. The molecule has 0 spiro atoms. The van der Waals surface area contributed by atoms with Gasteiger partial charge in [-0.3, -0.25) is 0 Å². The highest BCUT2D eigenvalue weighted by atomic mass is 16.4. The second-order valence-corrected chi connectivity index (χ2v) is 4.95. The normalized spacial score (nSPS) is 10.6. The Labute approximate surface area is 118 Å². The molecule has 0 aromatic heterocycles. The second kappa shape index (κ2) is 6.21. The third-order valence-corrected chi connectivity index (χ3v) is 2.85. The van der Waals surface area contributed by atoms with Crippen molar-refractivity contribution in [2.75, 3.05) is 19.4 Å². The van der Waals surface area contributed by atoms with Crippen LogP contribution in [-0.4, -0.2) is 30.1 Å². The number of hydrogen-bond acceptors (Lipinski definition) is 3. The van der Waals surface area contributed by atoms with Crippen molar-refractivity contribution in [3.05, 3.63) is 59.7 Å². The molecule has 0 saturated carbocycles. The van der Waals surface area contributed by atoms with Crippen molar-refractivity contribution in [3.63, 3.8) is 0 Å². The Morgan fingerprint density at radius 3 is 2.40 bits per heavy atom. The molecule has 4 nitrogen and oxygen atoms in total. The van der Waals surface area contributed by atoms with E-state index < -0.39 is 5.97 Å². The number of benzene rings is 2. The molecule has 0 unspecified atom stereocenters. The molecule has 2 aromatic rings. The Hall–Kier alpha value is -2.33. The van der Waals surface area contributed by atoms with E-state index in [-0.39, 0.29) is 5.56 Å². The van der Waals surface area contributed by atoms with Crippen molar-refractivity contribution < 1.29 is 9.90 Å². The summed E-state index contributed by atoms with van der Waals surface area (Å²) < 4.78 is 0. The first-order chi connectivity index (χ1) is 9.54. The van der Waals surface area contributed by atoms with Crippen molar-refractivity contribution in [3.8, 4) is 0 Å². The number of carboxylic acids is 1. The fourth-order valence-corrected chi connectivity index (χ4v) is 1.96. The van der Waals surface area contributed by atoms with Crippen LogP contribution in [-0.2, 0) is 6.54 Å². The fourth-order valence-electron chi connectivity index (χ4n) is 1.96. The van der Waals surface area contributed by atoms with Crippen LogP contribution >= 0.6 is 0 Å². The van der Waals surface area contributed by atoms with Gasteiger partial charge in [-0.05, 0) is 50.0 Å². The number of hydrogen-bond donors (Lipinski definition) is 2. The number of nitrogens with zero attached hydrogens (tertiary/aromatic N) is 1. The molecule has 0 atom stereocenters. The van der Waals surface area contributed by atoms with Crippen LogP contribution < -0.4 is 5.32 Å². The largest absolute Gasteiger partial charge is 0.478 e. The molecule has 2 aromatic carbocycles. The van der Waals surface area contributed by atoms with Crippen LogP contribution in [0.15, 0.2) is 48.5 Å². The Kier molecular flexibility index (Phi) is 4.38. The van der Waals surface area contributed by atoms with Gasteiger partial charge >= 0.3 is 5.97 Å². The molecule has 20 heavy (non-hydrogen) atoms. The Morgan fingerprint density at radius 1 is 1.10 bits per heavy atom. The van der Waals surface area contributed by atoms with Crippen LogP contribution in [0.3, 0.4) is 0 Å². The van der Waals surface area contributed by atoms with Gasteiger partial charge in [0.1, 0.15) is 0 Å². The van der Waals surface area contributed by atoms with Crippen molar-refractivity contribution in [2.45, 2.75) is 6.54 Å². The third kappa shape index (κ3) is 3.83. The SMILES string of the molecule is CN(C)Cc1ccc(Nc2cccc(C(=O)O)c2)cc1. The van der Waals surface area contributed by atoms with Crippen molar-refractivity contribution in [1.82, 2.24) is 4.90 Å². The minimum atomic E-state index is -0.921. The molecule has 2 N–H and O–H groups in total. The average Bonchev–Trinajstić information content (AvgIpc) is 2.41. The maximum atomic E-state index is 10.9. The molecule has 0 heterocycles. The average molecular weight is 270 g/mol. The monoisotopic (exact) mass is 270 g/mol. The first-order valence-corrected chi connectivity index (χ1v) is 6.38. The third-order valence-electron chi connectivity index (χ3n) is 2.85. The van der Waals surface area contributed by atoms with Gasteiger partial charge in [0.25, 0.3) is 0 Å². The van der Waals surface area contributed by atoms with E-state index in [1.54, 1.807) is 18.2 Å². The summed E-state index contributed by atoms with van der Waals surface area (Å²) in [4.78, 5) is 13.0. The molecular formula is C16H18N2O2. The number of nitrogens with one attached hydrogen (secondary N) is 1. The van der Waals surface area contributed by atoms with E-state index in [2.05, 4.69) is 22.3 Å². The number of carboxylic acid groups (broad SMARTS) is 1. The predicted octanol–water partition coefficient (Wildman–Crippen LogP) is 3.19. The van der Waals surface area contributed by atoms with Gasteiger partial charge in [-0.2, -0.15) is 0 Å². The van der Waals surface area contributed by atoms with Crippen molar-refractivity contribution >= 4 is 17.3 Å². The van der Waals surface area contributed by atoms with Gasteiger partial charge in [-0.1, -0.05) is 18.2 Å². The minimum Gasteiger partial charge on any atom is -0.478 e. The van der Waals surface area contributed by atoms with Gasteiger partial charge < -0.3 is 15.3 Å². The number of rotatable bonds is 5. The summed E-state index contributed by atoms with van der Waals surface area (Å²) in [5.41, 5.74) is 3.22. The van der Waals surface area contributed by atoms with Crippen molar-refractivity contribution in [2.24, 2.45) is 0 Å². The highest BCUT2D eigenvalue weighted by Gasteiger charge is 2.03. The number of aromatic carboxylic acids is 1. The molecular weight excluding hydrogens is 252 g/mol. The van der Waals surface area contributed by atoms with E-state index >= 15 is 0 Å². The summed E-state index contributed by atoms with van der Waals surface area (Å²) in [5.74, 6) is -0.921.